The van der Waals surface area contributed by atoms with Gasteiger partial charge >= 0.3 is 5.97 Å². The van der Waals surface area contributed by atoms with Crippen LogP contribution in [0.1, 0.15) is 28.9 Å². The largest absolute Gasteiger partial charge is 0.497 e. The minimum absolute atomic E-state index is 0.338. The first-order valence-electron chi connectivity index (χ1n) is 8.91. The molecule has 0 fully saturated rings. The smallest absolute Gasteiger partial charge is 0.338 e. The molecule has 0 aliphatic carbocycles. The van der Waals surface area contributed by atoms with Gasteiger partial charge in [-0.1, -0.05) is 36.4 Å². The minimum Gasteiger partial charge on any atom is -0.497 e. The Morgan fingerprint density at radius 2 is 1.41 bits per heavy atom. The van der Waals surface area contributed by atoms with Crippen LogP contribution in [0.25, 0.3) is 21.5 Å². The van der Waals surface area contributed by atoms with E-state index in [0.717, 1.165) is 10.9 Å². The van der Waals surface area contributed by atoms with Gasteiger partial charge in [0, 0.05) is 0 Å². The third-order valence-electron chi connectivity index (χ3n) is 4.81. The summed E-state index contributed by atoms with van der Waals surface area (Å²) in [6, 6.07) is 25.8. The first-order valence-corrected chi connectivity index (χ1v) is 8.91. The van der Waals surface area contributed by atoms with Crippen LogP contribution in [-0.2, 0) is 4.74 Å². The zero-order valence-electron chi connectivity index (χ0n) is 15.3. The summed E-state index contributed by atoms with van der Waals surface area (Å²) in [6.07, 6.45) is -0.338. The molecule has 0 spiro atoms. The monoisotopic (exact) mass is 356 g/mol. The van der Waals surface area contributed by atoms with Gasteiger partial charge in [-0.05, 0) is 76.5 Å². The summed E-state index contributed by atoms with van der Waals surface area (Å²) in [5.74, 6) is 0.366. The highest BCUT2D eigenvalue weighted by molar-refractivity contribution is 5.98. The number of fused-ring (bicyclic) bond motifs is 2. The lowest BCUT2D eigenvalue weighted by molar-refractivity contribution is 0.0338. The Kier molecular flexibility index (Phi) is 4.51. The fraction of sp³-hybridized carbons (Fsp3) is 0.125. The van der Waals surface area contributed by atoms with Crippen molar-refractivity contribution >= 4 is 27.5 Å². The number of hydrogen-bond donors (Lipinski definition) is 0. The van der Waals surface area contributed by atoms with Crippen LogP contribution in [-0.4, -0.2) is 13.1 Å². The normalized spacial score (nSPS) is 12.1. The van der Waals surface area contributed by atoms with Gasteiger partial charge in [0.25, 0.3) is 0 Å². The molecule has 0 aliphatic heterocycles. The summed E-state index contributed by atoms with van der Waals surface area (Å²) in [6.45, 7) is 1.89. The molecule has 4 aromatic carbocycles. The maximum atomic E-state index is 12.4. The lowest BCUT2D eigenvalue weighted by Gasteiger charge is -2.15. The third kappa shape index (κ3) is 3.49. The number of rotatable bonds is 4. The van der Waals surface area contributed by atoms with E-state index in [1.807, 2.05) is 25.1 Å². The molecule has 0 aliphatic rings. The van der Waals surface area contributed by atoms with Crippen molar-refractivity contribution in [3.8, 4) is 5.75 Å². The number of ether oxygens (including phenoxy) is 2. The maximum Gasteiger partial charge on any atom is 0.338 e. The Balaban J connectivity index is 1.58. The van der Waals surface area contributed by atoms with Gasteiger partial charge in [-0.15, -0.1) is 0 Å². The number of carbonyl (C=O) groups is 1. The van der Waals surface area contributed by atoms with E-state index in [1.165, 1.54) is 16.2 Å². The molecular formula is C24H20O3. The van der Waals surface area contributed by atoms with Gasteiger partial charge < -0.3 is 9.47 Å². The second-order valence-corrected chi connectivity index (χ2v) is 6.58. The van der Waals surface area contributed by atoms with Crippen molar-refractivity contribution in [1.29, 1.82) is 0 Å². The van der Waals surface area contributed by atoms with Crippen LogP contribution in [0.2, 0.25) is 0 Å². The van der Waals surface area contributed by atoms with Gasteiger partial charge in [-0.2, -0.15) is 0 Å². The standard InChI is InChI=1S/C24H20O3/c1-16(27-24(25)17-9-11-23(26-2)12-10-17)18-7-8-21-14-19-5-3-4-6-20(19)15-22(21)13-18/h3-16H,1-2H3. The molecule has 4 rings (SSSR count). The van der Waals surface area contributed by atoms with E-state index >= 15 is 0 Å². The predicted molar refractivity (Wildman–Crippen MR) is 108 cm³/mol. The molecule has 0 saturated carbocycles. The molecule has 0 aromatic heterocycles. The molecule has 0 bridgehead atoms. The highest BCUT2D eigenvalue weighted by Crippen LogP contribution is 2.27. The first kappa shape index (κ1) is 17.1. The molecule has 134 valence electrons. The van der Waals surface area contributed by atoms with E-state index in [2.05, 4.69) is 36.4 Å². The van der Waals surface area contributed by atoms with Crippen molar-refractivity contribution in [2.75, 3.05) is 7.11 Å². The van der Waals surface area contributed by atoms with E-state index in [4.69, 9.17) is 9.47 Å². The molecule has 4 aromatic rings. The lowest BCUT2D eigenvalue weighted by atomic mass is 10.00. The Bertz CT molecular complexity index is 1110. The summed E-state index contributed by atoms with van der Waals surface area (Å²) in [5, 5.41) is 4.73. The minimum atomic E-state index is -0.344. The van der Waals surface area contributed by atoms with Gasteiger partial charge in [0.05, 0.1) is 12.7 Å². The molecule has 0 saturated heterocycles. The molecule has 0 heterocycles. The van der Waals surface area contributed by atoms with Crippen molar-refractivity contribution in [2.24, 2.45) is 0 Å². The first-order chi connectivity index (χ1) is 13.1. The summed E-state index contributed by atoms with van der Waals surface area (Å²) in [7, 11) is 1.60. The van der Waals surface area contributed by atoms with E-state index in [1.54, 1.807) is 31.4 Å². The van der Waals surface area contributed by atoms with Crippen LogP contribution in [0.4, 0.5) is 0 Å². The fourth-order valence-electron chi connectivity index (χ4n) is 3.24. The Labute approximate surface area is 158 Å². The van der Waals surface area contributed by atoms with Crippen molar-refractivity contribution in [2.45, 2.75) is 13.0 Å². The van der Waals surface area contributed by atoms with E-state index < -0.39 is 0 Å². The summed E-state index contributed by atoms with van der Waals surface area (Å²) in [5.41, 5.74) is 1.48. The van der Waals surface area contributed by atoms with Crippen molar-refractivity contribution in [3.63, 3.8) is 0 Å². The van der Waals surface area contributed by atoms with Crippen LogP contribution < -0.4 is 4.74 Å². The molecule has 27 heavy (non-hydrogen) atoms. The molecule has 3 heteroatoms. The number of hydrogen-bond acceptors (Lipinski definition) is 3. The second kappa shape index (κ2) is 7.12. The number of carbonyl (C=O) groups excluding carboxylic acids is 1. The molecule has 3 nitrogen and oxygen atoms in total. The lowest BCUT2D eigenvalue weighted by Crippen LogP contribution is -2.09. The Hall–Kier alpha value is -3.33. The average molecular weight is 356 g/mol. The van der Waals surface area contributed by atoms with Crippen LogP contribution in [0, 0.1) is 0 Å². The molecule has 1 atom stereocenters. The number of benzene rings is 4. The van der Waals surface area contributed by atoms with Crippen molar-refractivity contribution < 1.29 is 14.3 Å². The van der Waals surface area contributed by atoms with Crippen LogP contribution in [0.5, 0.6) is 5.75 Å². The van der Waals surface area contributed by atoms with E-state index in [9.17, 15) is 4.79 Å². The Morgan fingerprint density at radius 3 is 2.07 bits per heavy atom. The summed E-state index contributed by atoms with van der Waals surface area (Å²) < 4.78 is 10.8. The number of esters is 1. The average Bonchev–Trinajstić information content (AvgIpc) is 2.71. The fourth-order valence-corrected chi connectivity index (χ4v) is 3.24. The van der Waals surface area contributed by atoms with Crippen LogP contribution in [0.15, 0.2) is 78.9 Å². The quantitative estimate of drug-likeness (QED) is 0.336. The topological polar surface area (TPSA) is 35.5 Å². The zero-order valence-corrected chi connectivity index (χ0v) is 15.3. The number of methoxy groups -OCH3 is 1. The molecule has 0 radical (unpaired) electrons. The molecule has 0 N–H and O–H groups in total. The molecule has 0 amide bonds. The summed E-state index contributed by atoms with van der Waals surface area (Å²) >= 11 is 0. The van der Waals surface area contributed by atoms with Crippen LogP contribution >= 0.6 is 0 Å². The molecule has 1 unspecified atom stereocenters. The van der Waals surface area contributed by atoms with Crippen LogP contribution in [0.3, 0.4) is 0 Å². The highest BCUT2D eigenvalue weighted by atomic mass is 16.5. The van der Waals surface area contributed by atoms with Crippen molar-refractivity contribution in [3.05, 3.63) is 90.0 Å². The molecular weight excluding hydrogens is 336 g/mol. The predicted octanol–water partition coefficient (Wildman–Crippen LogP) is 5.92. The van der Waals surface area contributed by atoms with E-state index in [0.29, 0.717) is 11.3 Å². The van der Waals surface area contributed by atoms with Gasteiger partial charge in [0.2, 0.25) is 0 Å². The zero-order chi connectivity index (χ0) is 18.8. The van der Waals surface area contributed by atoms with Gasteiger partial charge in [-0.25, -0.2) is 4.79 Å². The SMILES string of the molecule is COc1ccc(C(=O)OC(C)c2ccc3cc4ccccc4cc3c2)cc1. The van der Waals surface area contributed by atoms with Crippen molar-refractivity contribution in [1.82, 2.24) is 0 Å². The Morgan fingerprint density at radius 1 is 0.778 bits per heavy atom. The van der Waals surface area contributed by atoms with Gasteiger partial charge in [-0.3, -0.25) is 0 Å². The van der Waals surface area contributed by atoms with Gasteiger partial charge in [0.1, 0.15) is 11.9 Å². The third-order valence-corrected chi connectivity index (χ3v) is 4.81. The second-order valence-electron chi connectivity index (χ2n) is 6.58. The highest BCUT2D eigenvalue weighted by Gasteiger charge is 2.14. The maximum absolute atomic E-state index is 12.4. The summed E-state index contributed by atoms with van der Waals surface area (Å²) in [4.78, 5) is 12.4. The van der Waals surface area contributed by atoms with Gasteiger partial charge in [0.15, 0.2) is 0 Å². The van der Waals surface area contributed by atoms with E-state index in [-0.39, 0.29) is 12.1 Å².